The van der Waals surface area contributed by atoms with E-state index in [9.17, 15) is 0 Å². The van der Waals surface area contributed by atoms with E-state index < -0.39 is 0 Å². The van der Waals surface area contributed by atoms with Crippen LogP contribution in [0.3, 0.4) is 0 Å². The summed E-state index contributed by atoms with van der Waals surface area (Å²) in [5.74, 6) is 0.704. The van der Waals surface area contributed by atoms with Crippen LogP contribution in [0.4, 0.5) is 0 Å². The first-order valence-electron chi connectivity index (χ1n) is 11.3. The van der Waals surface area contributed by atoms with Gasteiger partial charge in [0, 0.05) is 33.6 Å². The highest BCUT2D eigenvalue weighted by Gasteiger charge is 2.20. The molecule has 0 amide bonds. The van der Waals surface area contributed by atoms with Gasteiger partial charge in [0.25, 0.3) is 0 Å². The second-order valence-corrected chi connectivity index (χ2v) is 9.17. The quantitative estimate of drug-likeness (QED) is 0.300. The highest BCUT2D eigenvalue weighted by atomic mass is 16.3. The molecule has 5 aromatic rings. The van der Waals surface area contributed by atoms with Crippen molar-refractivity contribution in [2.24, 2.45) is 0 Å². The zero-order valence-electron chi connectivity index (χ0n) is 18.3. The smallest absolute Gasteiger partial charge is 0.227 e. The molecule has 1 fully saturated rings. The van der Waals surface area contributed by atoms with Gasteiger partial charge in [-0.25, -0.2) is 4.98 Å². The fourth-order valence-electron chi connectivity index (χ4n) is 5.29. The van der Waals surface area contributed by atoms with Crippen LogP contribution in [0.2, 0.25) is 0 Å². The van der Waals surface area contributed by atoms with Crippen LogP contribution in [-0.4, -0.2) is 9.97 Å². The minimum absolute atomic E-state index is 0.696. The summed E-state index contributed by atoms with van der Waals surface area (Å²) in [5.41, 5.74) is 8.46. The highest BCUT2D eigenvalue weighted by Crippen LogP contribution is 2.40. The van der Waals surface area contributed by atoms with E-state index in [0.29, 0.717) is 11.6 Å². The van der Waals surface area contributed by atoms with Crippen LogP contribution in [0, 0.1) is 20.8 Å². The van der Waals surface area contributed by atoms with Gasteiger partial charge in [-0.05, 0) is 85.9 Å². The van der Waals surface area contributed by atoms with Gasteiger partial charge >= 0.3 is 0 Å². The molecule has 2 aromatic carbocycles. The molecule has 3 heterocycles. The van der Waals surface area contributed by atoms with Gasteiger partial charge in [-0.3, -0.25) is 4.98 Å². The van der Waals surface area contributed by atoms with Gasteiger partial charge in [-0.1, -0.05) is 31.0 Å². The molecule has 0 saturated heterocycles. The molecule has 1 saturated carbocycles. The van der Waals surface area contributed by atoms with Gasteiger partial charge in [-0.2, -0.15) is 0 Å². The second kappa shape index (κ2) is 6.91. The Morgan fingerprint density at radius 1 is 0.839 bits per heavy atom. The van der Waals surface area contributed by atoms with Crippen LogP contribution in [-0.2, 0) is 0 Å². The average molecular weight is 407 g/mol. The first-order valence-corrected chi connectivity index (χ1v) is 11.3. The molecule has 0 aliphatic heterocycles. The van der Waals surface area contributed by atoms with Crippen LogP contribution in [0.15, 0.2) is 53.1 Å². The topological polar surface area (TPSA) is 38.9 Å². The van der Waals surface area contributed by atoms with E-state index in [1.165, 1.54) is 53.1 Å². The number of rotatable bonds is 2. The maximum Gasteiger partial charge on any atom is 0.227 e. The fraction of sp³-hybridized carbons (Fsp3) is 0.286. The van der Waals surface area contributed by atoms with Gasteiger partial charge in [0.1, 0.15) is 5.58 Å². The molecule has 1 aliphatic carbocycles. The zero-order valence-corrected chi connectivity index (χ0v) is 18.3. The van der Waals surface area contributed by atoms with E-state index in [0.717, 1.165) is 33.3 Å². The summed E-state index contributed by atoms with van der Waals surface area (Å²) < 4.78 is 6.31. The summed E-state index contributed by atoms with van der Waals surface area (Å²) in [6, 6.07) is 15.5. The molecule has 0 radical (unpaired) electrons. The predicted molar refractivity (Wildman–Crippen MR) is 128 cm³/mol. The second-order valence-electron chi connectivity index (χ2n) is 9.17. The van der Waals surface area contributed by atoms with Crippen molar-refractivity contribution in [3.8, 4) is 11.3 Å². The van der Waals surface area contributed by atoms with Crippen molar-refractivity contribution in [3.63, 3.8) is 0 Å². The molecule has 0 spiro atoms. The number of aryl methyl sites for hydroxylation is 3. The Morgan fingerprint density at radius 3 is 2.48 bits per heavy atom. The van der Waals surface area contributed by atoms with Crippen molar-refractivity contribution in [2.75, 3.05) is 0 Å². The maximum atomic E-state index is 6.31. The van der Waals surface area contributed by atoms with Gasteiger partial charge in [-0.15, -0.1) is 0 Å². The number of pyridine rings is 2. The van der Waals surface area contributed by atoms with E-state index >= 15 is 0 Å². The number of furan rings is 1. The standard InChI is InChI=1S/C28H26N2O/c1-16-12-24-22-10-8-18(3)30-28(22)31-27(24)25(13-16)26-21-11-9-20(19-6-4-5-7-19)14-23(21)17(2)15-29-26/h8-15,19H,4-7H2,1-3H3. The SMILES string of the molecule is Cc1cc(-c2ncc(C)c3cc(C4CCCC4)ccc23)c2oc3nc(C)ccc3c2c1. The van der Waals surface area contributed by atoms with E-state index in [4.69, 9.17) is 9.40 Å². The van der Waals surface area contributed by atoms with Crippen molar-refractivity contribution < 1.29 is 4.42 Å². The molecule has 0 unspecified atom stereocenters. The summed E-state index contributed by atoms with van der Waals surface area (Å²) in [6.07, 6.45) is 7.34. The summed E-state index contributed by atoms with van der Waals surface area (Å²) in [5, 5.41) is 4.66. The number of benzene rings is 2. The number of aromatic nitrogens is 2. The molecule has 6 rings (SSSR count). The minimum Gasteiger partial charge on any atom is -0.437 e. The Labute approximate surface area is 182 Å². The van der Waals surface area contributed by atoms with E-state index in [1.807, 2.05) is 19.2 Å². The van der Waals surface area contributed by atoms with Crippen molar-refractivity contribution >= 4 is 32.8 Å². The molecule has 3 aromatic heterocycles. The fourth-order valence-corrected chi connectivity index (χ4v) is 5.29. The minimum atomic E-state index is 0.696. The van der Waals surface area contributed by atoms with Crippen molar-refractivity contribution in [3.05, 3.63) is 71.0 Å². The number of hydrogen-bond acceptors (Lipinski definition) is 3. The Morgan fingerprint density at radius 2 is 1.65 bits per heavy atom. The third kappa shape index (κ3) is 2.95. The predicted octanol–water partition coefficient (Wildman–Crippen LogP) is 7.78. The lowest BCUT2D eigenvalue weighted by Gasteiger charge is -2.14. The van der Waals surface area contributed by atoms with Crippen LogP contribution >= 0.6 is 0 Å². The van der Waals surface area contributed by atoms with E-state index in [2.05, 4.69) is 55.2 Å². The Balaban J connectivity index is 1.62. The molecule has 3 nitrogen and oxygen atoms in total. The van der Waals surface area contributed by atoms with Gasteiger partial charge in [0.05, 0.1) is 5.69 Å². The lowest BCUT2D eigenvalue weighted by Crippen LogP contribution is -1.95. The monoisotopic (exact) mass is 406 g/mol. The Bertz CT molecular complexity index is 1470. The molecule has 31 heavy (non-hydrogen) atoms. The third-order valence-electron chi connectivity index (χ3n) is 6.91. The number of nitrogens with zero attached hydrogens (tertiary/aromatic N) is 2. The summed E-state index contributed by atoms with van der Waals surface area (Å²) in [7, 11) is 0. The molecule has 0 atom stereocenters. The van der Waals surface area contributed by atoms with Gasteiger partial charge < -0.3 is 4.42 Å². The number of fused-ring (bicyclic) bond motifs is 4. The largest absolute Gasteiger partial charge is 0.437 e. The van der Waals surface area contributed by atoms with Crippen molar-refractivity contribution in [1.29, 1.82) is 0 Å². The lowest BCUT2D eigenvalue weighted by molar-refractivity contribution is 0.653. The summed E-state index contributed by atoms with van der Waals surface area (Å²) in [6.45, 7) is 6.30. The average Bonchev–Trinajstić information content (AvgIpc) is 3.41. The van der Waals surface area contributed by atoms with E-state index in [1.54, 1.807) is 0 Å². The molecular formula is C28H26N2O. The normalized spacial score (nSPS) is 14.9. The van der Waals surface area contributed by atoms with Crippen molar-refractivity contribution in [1.82, 2.24) is 9.97 Å². The molecular weight excluding hydrogens is 380 g/mol. The van der Waals surface area contributed by atoms with Gasteiger partial charge in [0.15, 0.2) is 0 Å². The Kier molecular flexibility index (Phi) is 4.14. The summed E-state index contributed by atoms with van der Waals surface area (Å²) >= 11 is 0. The van der Waals surface area contributed by atoms with Crippen LogP contribution < -0.4 is 0 Å². The van der Waals surface area contributed by atoms with Crippen LogP contribution in [0.1, 0.15) is 54.0 Å². The van der Waals surface area contributed by atoms with Gasteiger partial charge in [0.2, 0.25) is 5.71 Å². The van der Waals surface area contributed by atoms with Crippen LogP contribution in [0.5, 0.6) is 0 Å². The molecule has 154 valence electrons. The maximum absolute atomic E-state index is 6.31. The lowest BCUT2D eigenvalue weighted by atomic mass is 9.92. The molecule has 3 heteroatoms. The highest BCUT2D eigenvalue weighted by molar-refractivity contribution is 6.11. The zero-order chi connectivity index (χ0) is 21.1. The molecule has 0 N–H and O–H groups in total. The Hall–Kier alpha value is -3.20. The van der Waals surface area contributed by atoms with Crippen LogP contribution in [0.25, 0.3) is 44.1 Å². The summed E-state index contributed by atoms with van der Waals surface area (Å²) in [4.78, 5) is 9.52. The first kappa shape index (κ1) is 18.6. The molecule has 1 aliphatic rings. The third-order valence-corrected chi connectivity index (χ3v) is 6.91. The number of hydrogen-bond donors (Lipinski definition) is 0. The van der Waals surface area contributed by atoms with E-state index in [-0.39, 0.29) is 0 Å². The molecule has 0 bridgehead atoms. The van der Waals surface area contributed by atoms with Crippen molar-refractivity contribution in [2.45, 2.75) is 52.4 Å². The first-order chi connectivity index (χ1) is 15.1.